The van der Waals surface area contributed by atoms with Crippen LogP contribution in [-0.2, 0) is 6.54 Å². The predicted octanol–water partition coefficient (Wildman–Crippen LogP) is 2.95. The topological polar surface area (TPSA) is 53.1 Å². The summed E-state index contributed by atoms with van der Waals surface area (Å²) < 4.78 is 7.51. The van der Waals surface area contributed by atoms with Gasteiger partial charge in [0, 0.05) is 18.3 Å². The summed E-state index contributed by atoms with van der Waals surface area (Å²) in [7, 11) is 0. The van der Waals surface area contributed by atoms with Gasteiger partial charge in [-0.3, -0.25) is 4.68 Å². The summed E-state index contributed by atoms with van der Waals surface area (Å²) in [5, 5.41) is 4.88. The van der Waals surface area contributed by atoms with Crippen LogP contribution >= 0.6 is 11.6 Å². The quantitative estimate of drug-likeness (QED) is 0.915. The maximum atomic E-state index is 6.12. The van der Waals surface area contributed by atoms with Crippen LogP contribution < -0.4 is 10.5 Å². The molecule has 0 aliphatic heterocycles. The van der Waals surface area contributed by atoms with Crippen LogP contribution in [0.2, 0.25) is 5.02 Å². The molecule has 1 heterocycles. The van der Waals surface area contributed by atoms with E-state index in [1.54, 1.807) is 0 Å². The van der Waals surface area contributed by atoms with E-state index in [4.69, 9.17) is 22.1 Å². The van der Waals surface area contributed by atoms with E-state index >= 15 is 0 Å². The van der Waals surface area contributed by atoms with E-state index < -0.39 is 0 Å². The molecule has 0 atom stereocenters. The van der Waals surface area contributed by atoms with Gasteiger partial charge in [0.1, 0.15) is 5.75 Å². The Hall–Kier alpha value is -1.52. The minimum absolute atomic E-state index is 0.0905. The highest BCUT2D eigenvalue weighted by Crippen LogP contribution is 2.31. The molecule has 102 valence electrons. The number of nitrogens with zero attached hydrogens (tertiary/aromatic N) is 2. The molecule has 0 bridgehead atoms. The van der Waals surface area contributed by atoms with Gasteiger partial charge in [-0.05, 0) is 31.5 Å². The molecule has 0 fully saturated rings. The summed E-state index contributed by atoms with van der Waals surface area (Å²) >= 11 is 6.12. The SMILES string of the molecule is CC(C)Oc1cc(-c2cnn(CCN)c2)ccc1Cl. The highest BCUT2D eigenvalue weighted by Gasteiger charge is 2.08. The van der Waals surface area contributed by atoms with Gasteiger partial charge in [0.2, 0.25) is 0 Å². The summed E-state index contributed by atoms with van der Waals surface area (Å²) in [6.07, 6.45) is 3.88. The van der Waals surface area contributed by atoms with Crippen LogP contribution in [0.1, 0.15) is 13.8 Å². The zero-order valence-corrected chi connectivity index (χ0v) is 11.9. The van der Waals surface area contributed by atoms with Crippen LogP contribution in [0, 0.1) is 0 Å². The van der Waals surface area contributed by atoms with E-state index in [9.17, 15) is 0 Å². The van der Waals surface area contributed by atoms with Crippen molar-refractivity contribution in [2.45, 2.75) is 26.5 Å². The Kier molecular flexibility index (Phi) is 4.45. The number of nitrogens with two attached hydrogens (primary N) is 1. The fourth-order valence-corrected chi connectivity index (χ4v) is 1.96. The minimum Gasteiger partial charge on any atom is -0.489 e. The highest BCUT2D eigenvalue weighted by molar-refractivity contribution is 6.32. The van der Waals surface area contributed by atoms with Gasteiger partial charge < -0.3 is 10.5 Å². The summed E-state index contributed by atoms with van der Waals surface area (Å²) in [4.78, 5) is 0. The molecule has 0 spiro atoms. The second-order valence-corrected chi connectivity index (χ2v) is 5.00. The van der Waals surface area contributed by atoms with Crippen molar-refractivity contribution in [2.75, 3.05) is 6.54 Å². The molecule has 0 saturated heterocycles. The summed E-state index contributed by atoms with van der Waals surface area (Å²) in [5.74, 6) is 0.695. The molecular formula is C14H18ClN3O. The molecule has 0 unspecified atom stereocenters. The fourth-order valence-electron chi connectivity index (χ4n) is 1.79. The largest absolute Gasteiger partial charge is 0.489 e. The van der Waals surface area contributed by atoms with Crippen molar-refractivity contribution >= 4 is 11.6 Å². The smallest absolute Gasteiger partial charge is 0.138 e. The van der Waals surface area contributed by atoms with E-state index in [0.29, 0.717) is 23.9 Å². The number of rotatable bonds is 5. The molecular weight excluding hydrogens is 262 g/mol. The number of hydrogen-bond acceptors (Lipinski definition) is 3. The molecule has 2 N–H and O–H groups in total. The highest BCUT2D eigenvalue weighted by atomic mass is 35.5. The van der Waals surface area contributed by atoms with Crippen molar-refractivity contribution in [1.29, 1.82) is 0 Å². The normalized spacial score (nSPS) is 11.0. The van der Waals surface area contributed by atoms with Crippen molar-refractivity contribution in [3.05, 3.63) is 35.6 Å². The van der Waals surface area contributed by atoms with E-state index in [-0.39, 0.29) is 6.10 Å². The first-order chi connectivity index (χ1) is 9.10. The molecule has 2 aromatic rings. The zero-order valence-electron chi connectivity index (χ0n) is 11.1. The van der Waals surface area contributed by atoms with Crippen LogP contribution in [0.15, 0.2) is 30.6 Å². The maximum absolute atomic E-state index is 6.12. The lowest BCUT2D eigenvalue weighted by Crippen LogP contribution is -2.09. The van der Waals surface area contributed by atoms with Crippen LogP contribution in [0.5, 0.6) is 5.75 Å². The third kappa shape index (κ3) is 3.49. The summed E-state index contributed by atoms with van der Waals surface area (Å²) in [6, 6.07) is 5.74. The van der Waals surface area contributed by atoms with Crippen LogP contribution in [0.3, 0.4) is 0 Å². The first kappa shape index (κ1) is 13.9. The predicted molar refractivity (Wildman–Crippen MR) is 77.5 cm³/mol. The van der Waals surface area contributed by atoms with Crippen molar-refractivity contribution < 1.29 is 4.74 Å². The van der Waals surface area contributed by atoms with E-state index in [1.807, 2.05) is 49.1 Å². The van der Waals surface area contributed by atoms with Gasteiger partial charge in [0.05, 0.1) is 23.9 Å². The molecule has 0 saturated carbocycles. The molecule has 4 nitrogen and oxygen atoms in total. The van der Waals surface area contributed by atoms with Gasteiger partial charge in [-0.2, -0.15) is 5.10 Å². The van der Waals surface area contributed by atoms with Gasteiger partial charge >= 0.3 is 0 Å². The molecule has 1 aromatic carbocycles. The number of benzene rings is 1. The van der Waals surface area contributed by atoms with Gasteiger partial charge in [-0.15, -0.1) is 0 Å². The fraction of sp³-hybridized carbons (Fsp3) is 0.357. The number of hydrogen-bond donors (Lipinski definition) is 1. The third-order valence-corrected chi connectivity index (χ3v) is 2.93. The Bertz CT molecular complexity index is 551. The van der Waals surface area contributed by atoms with Crippen molar-refractivity contribution in [1.82, 2.24) is 9.78 Å². The Labute approximate surface area is 118 Å². The van der Waals surface area contributed by atoms with Gasteiger partial charge in [-0.25, -0.2) is 0 Å². The monoisotopic (exact) mass is 279 g/mol. The molecule has 0 aliphatic carbocycles. The molecule has 19 heavy (non-hydrogen) atoms. The van der Waals surface area contributed by atoms with Crippen LogP contribution in [0.25, 0.3) is 11.1 Å². The lowest BCUT2D eigenvalue weighted by atomic mass is 10.1. The second-order valence-electron chi connectivity index (χ2n) is 4.59. The van der Waals surface area contributed by atoms with Crippen molar-refractivity contribution in [2.24, 2.45) is 5.73 Å². The Morgan fingerprint density at radius 1 is 1.37 bits per heavy atom. The minimum atomic E-state index is 0.0905. The number of ether oxygens (including phenoxy) is 1. The Morgan fingerprint density at radius 2 is 2.16 bits per heavy atom. The van der Waals surface area contributed by atoms with Gasteiger partial charge in [0.25, 0.3) is 0 Å². The van der Waals surface area contributed by atoms with Crippen LogP contribution in [0.4, 0.5) is 0 Å². The molecule has 0 radical (unpaired) electrons. The Balaban J connectivity index is 2.28. The molecule has 5 heteroatoms. The average molecular weight is 280 g/mol. The number of halogens is 1. The van der Waals surface area contributed by atoms with E-state index in [1.165, 1.54) is 0 Å². The molecule has 0 amide bonds. The van der Waals surface area contributed by atoms with Crippen molar-refractivity contribution in [3.8, 4) is 16.9 Å². The van der Waals surface area contributed by atoms with Crippen LogP contribution in [-0.4, -0.2) is 22.4 Å². The first-order valence-electron chi connectivity index (χ1n) is 6.29. The van der Waals surface area contributed by atoms with Gasteiger partial charge in [-0.1, -0.05) is 17.7 Å². The second kappa shape index (κ2) is 6.08. The van der Waals surface area contributed by atoms with Gasteiger partial charge in [0.15, 0.2) is 0 Å². The summed E-state index contributed by atoms with van der Waals surface area (Å²) in [6.45, 7) is 5.23. The standard InChI is InChI=1S/C14H18ClN3O/c1-10(2)19-14-7-11(3-4-13(14)15)12-8-17-18(9-12)6-5-16/h3-4,7-10H,5-6,16H2,1-2H3. The van der Waals surface area contributed by atoms with E-state index in [2.05, 4.69) is 5.10 Å². The third-order valence-electron chi connectivity index (χ3n) is 2.62. The van der Waals surface area contributed by atoms with E-state index in [0.717, 1.165) is 11.1 Å². The first-order valence-corrected chi connectivity index (χ1v) is 6.67. The molecule has 0 aliphatic rings. The zero-order chi connectivity index (χ0) is 13.8. The van der Waals surface area contributed by atoms with Crippen molar-refractivity contribution in [3.63, 3.8) is 0 Å². The Morgan fingerprint density at radius 3 is 2.84 bits per heavy atom. The molecule has 2 rings (SSSR count). The summed E-state index contributed by atoms with van der Waals surface area (Å²) in [5.41, 5.74) is 7.57. The lowest BCUT2D eigenvalue weighted by molar-refractivity contribution is 0.242. The maximum Gasteiger partial charge on any atom is 0.138 e. The average Bonchev–Trinajstić information content (AvgIpc) is 2.80. The molecule has 1 aromatic heterocycles. The lowest BCUT2D eigenvalue weighted by Gasteiger charge is -2.12. The number of aromatic nitrogens is 2.